The van der Waals surface area contributed by atoms with Crippen molar-refractivity contribution < 1.29 is 0 Å². The van der Waals surface area contributed by atoms with Gasteiger partial charge >= 0.3 is 0 Å². The van der Waals surface area contributed by atoms with Gasteiger partial charge < -0.3 is 15.5 Å². The normalized spacial score (nSPS) is 23.7. The fraction of sp³-hybridized carbons (Fsp3) is 0.462. The molecule has 8 heteroatoms. The molecule has 2 aliphatic rings. The van der Waals surface area contributed by atoms with E-state index >= 15 is 0 Å². The summed E-state index contributed by atoms with van der Waals surface area (Å²) < 4.78 is 4.06. The summed E-state index contributed by atoms with van der Waals surface area (Å²) in [6, 6.07) is 3.21. The van der Waals surface area contributed by atoms with Gasteiger partial charge in [0.25, 0.3) is 0 Å². The molecule has 2 atom stereocenters. The maximum atomic E-state index is 4.62. The van der Waals surface area contributed by atoms with E-state index in [0.717, 1.165) is 24.6 Å². The van der Waals surface area contributed by atoms with Gasteiger partial charge in [0, 0.05) is 36.8 Å². The van der Waals surface area contributed by atoms with Crippen molar-refractivity contribution in [2.24, 2.45) is 0 Å². The molecule has 2 N–H and O–H groups in total. The van der Waals surface area contributed by atoms with E-state index in [2.05, 4.69) is 29.9 Å². The van der Waals surface area contributed by atoms with Gasteiger partial charge in [-0.2, -0.15) is 9.36 Å². The molecule has 0 aromatic carbocycles. The number of hydrogen-bond donors (Lipinski definition) is 2. The molecule has 2 fully saturated rings. The van der Waals surface area contributed by atoms with Gasteiger partial charge in [-0.1, -0.05) is 0 Å². The number of anilines is 3. The van der Waals surface area contributed by atoms with E-state index in [0.29, 0.717) is 18.0 Å². The molecular weight excluding hydrogens is 308 g/mol. The number of rotatable bonds is 3. The minimum atomic E-state index is 0. The van der Waals surface area contributed by atoms with E-state index in [4.69, 9.17) is 0 Å². The number of nitrogens with one attached hydrogen (secondary N) is 2. The molecule has 21 heavy (non-hydrogen) atoms. The first kappa shape index (κ1) is 14.5. The second kappa shape index (κ2) is 6.13. The Balaban J connectivity index is 0.00000132. The first-order valence-electron chi connectivity index (χ1n) is 6.87. The average Bonchev–Trinajstić information content (AvgIpc) is 3.09. The summed E-state index contributed by atoms with van der Waals surface area (Å²) >= 11 is 1.41. The Bertz CT molecular complexity index is 580. The zero-order valence-electron chi connectivity index (χ0n) is 11.4. The maximum Gasteiger partial charge on any atom is 0.229 e. The molecule has 2 aromatic heterocycles. The minimum absolute atomic E-state index is 0. The molecular formula is C13H17ClN6S. The summed E-state index contributed by atoms with van der Waals surface area (Å²) in [6.07, 6.45) is 6.15. The lowest BCUT2D eigenvalue weighted by Gasteiger charge is -2.33. The van der Waals surface area contributed by atoms with Gasteiger partial charge in [-0.05, 0) is 30.4 Å². The summed E-state index contributed by atoms with van der Waals surface area (Å²) in [5, 5.41) is 8.76. The molecule has 0 amide bonds. The van der Waals surface area contributed by atoms with E-state index in [9.17, 15) is 0 Å². The second-order valence-corrected chi connectivity index (χ2v) is 5.98. The lowest BCUT2D eigenvalue weighted by atomic mass is 10.2. The molecule has 112 valence electrons. The van der Waals surface area contributed by atoms with Crippen molar-refractivity contribution in [3.05, 3.63) is 23.8 Å². The van der Waals surface area contributed by atoms with Crippen LogP contribution >= 0.6 is 23.9 Å². The highest BCUT2D eigenvalue weighted by molar-refractivity contribution is 7.04. The van der Waals surface area contributed by atoms with Crippen LogP contribution in [0.3, 0.4) is 0 Å². The zero-order chi connectivity index (χ0) is 13.4. The van der Waals surface area contributed by atoms with Crippen molar-refractivity contribution in [3.8, 4) is 0 Å². The molecule has 2 aliphatic heterocycles. The van der Waals surface area contributed by atoms with Crippen LogP contribution in [-0.2, 0) is 0 Å². The highest BCUT2D eigenvalue weighted by Crippen LogP contribution is 2.24. The van der Waals surface area contributed by atoms with E-state index < -0.39 is 0 Å². The van der Waals surface area contributed by atoms with Gasteiger partial charge in [-0.3, -0.25) is 0 Å². The summed E-state index contributed by atoms with van der Waals surface area (Å²) in [5.74, 6) is 1.64. The van der Waals surface area contributed by atoms with Crippen LogP contribution in [0.5, 0.6) is 0 Å². The van der Waals surface area contributed by atoms with Gasteiger partial charge in [-0.25, -0.2) is 4.98 Å². The molecule has 0 unspecified atom stereocenters. The molecule has 0 saturated carbocycles. The first-order valence-corrected chi connectivity index (χ1v) is 7.71. The first-order chi connectivity index (χ1) is 9.87. The van der Waals surface area contributed by atoms with Crippen molar-refractivity contribution in [1.29, 1.82) is 0 Å². The lowest BCUT2D eigenvalue weighted by molar-refractivity contribution is 0.463. The monoisotopic (exact) mass is 324 g/mol. The van der Waals surface area contributed by atoms with Crippen molar-refractivity contribution in [3.63, 3.8) is 0 Å². The fourth-order valence-electron chi connectivity index (χ4n) is 2.97. The Morgan fingerprint density at radius 2 is 2.10 bits per heavy atom. The number of fused-ring (bicyclic) bond motifs is 2. The smallest absolute Gasteiger partial charge is 0.229 e. The molecule has 2 aromatic rings. The predicted octanol–water partition coefficient (Wildman–Crippen LogP) is 2.04. The summed E-state index contributed by atoms with van der Waals surface area (Å²) in [5.41, 5.74) is 0.938. The van der Waals surface area contributed by atoms with Gasteiger partial charge in [0.2, 0.25) is 5.95 Å². The highest BCUT2D eigenvalue weighted by Gasteiger charge is 2.32. The Hall–Kier alpha value is -1.44. The number of hydrogen-bond acceptors (Lipinski definition) is 7. The van der Waals surface area contributed by atoms with Crippen LogP contribution in [-0.4, -0.2) is 39.5 Å². The van der Waals surface area contributed by atoms with Crippen LogP contribution < -0.4 is 15.5 Å². The highest BCUT2D eigenvalue weighted by atomic mass is 35.5. The summed E-state index contributed by atoms with van der Waals surface area (Å²) in [4.78, 5) is 11.3. The zero-order valence-corrected chi connectivity index (χ0v) is 13.0. The maximum absolute atomic E-state index is 4.62. The molecule has 6 nitrogen and oxygen atoms in total. The average molecular weight is 325 g/mol. The second-order valence-electron chi connectivity index (χ2n) is 5.32. The van der Waals surface area contributed by atoms with Crippen LogP contribution in [0.15, 0.2) is 23.8 Å². The molecule has 2 saturated heterocycles. The summed E-state index contributed by atoms with van der Waals surface area (Å²) in [6.45, 7) is 2.07. The Morgan fingerprint density at radius 3 is 2.81 bits per heavy atom. The number of nitrogens with zero attached hydrogens (tertiary/aromatic N) is 4. The van der Waals surface area contributed by atoms with Crippen LogP contribution in [0.4, 0.5) is 17.5 Å². The van der Waals surface area contributed by atoms with Gasteiger partial charge in [-0.15, -0.1) is 12.4 Å². The summed E-state index contributed by atoms with van der Waals surface area (Å²) in [7, 11) is 0. The molecule has 0 radical (unpaired) electrons. The van der Waals surface area contributed by atoms with Crippen LogP contribution in [0.2, 0.25) is 0 Å². The van der Waals surface area contributed by atoms with Crippen LogP contribution in [0.25, 0.3) is 0 Å². The largest absolute Gasteiger partial charge is 0.353 e. The third-order valence-corrected chi connectivity index (χ3v) is 4.46. The Kier molecular flexibility index (Phi) is 4.23. The third kappa shape index (κ3) is 3.09. The van der Waals surface area contributed by atoms with Crippen molar-refractivity contribution in [1.82, 2.24) is 19.7 Å². The Labute approximate surface area is 133 Å². The number of halogens is 1. The number of piperazine rings is 1. The third-order valence-electron chi connectivity index (χ3n) is 3.87. The van der Waals surface area contributed by atoms with Crippen molar-refractivity contribution >= 4 is 41.4 Å². The Morgan fingerprint density at radius 1 is 1.29 bits per heavy atom. The van der Waals surface area contributed by atoms with Crippen molar-refractivity contribution in [2.75, 3.05) is 23.3 Å². The van der Waals surface area contributed by atoms with Gasteiger partial charge in [0.1, 0.15) is 5.82 Å². The van der Waals surface area contributed by atoms with Gasteiger partial charge in [0.15, 0.2) is 0 Å². The quantitative estimate of drug-likeness (QED) is 0.900. The van der Waals surface area contributed by atoms with Crippen LogP contribution in [0, 0.1) is 0 Å². The van der Waals surface area contributed by atoms with Crippen LogP contribution in [0.1, 0.15) is 12.8 Å². The minimum Gasteiger partial charge on any atom is -0.353 e. The molecule has 0 spiro atoms. The molecule has 4 rings (SSSR count). The SMILES string of the molecule is Cl.c1cc(N2C[C@H]3CC[C@@H](C2)N3)nc(Nc2cnsc2)n1. The fourth-order valence-corrected chi connectivity index (χ4v) is 3.43. The topological polar surface area (TPSA) is 66.0 Å². The predicted molar refractivity (Wildman–Crippen MR) is 86.8 cm³/mol. The van der Waals surface area contributed by atoms with E-state index in [1.165, 1.54) is 24.4 Å². The van der Waals surface area contributed by atoms with E-state index in [-0.39, 0.29) is 12.4 Å². The van der Waals surface area contributed by atoms with E-state index in [1.54, 1.807) is 6.20 Å². The lowest BCUT2D eigenvalue weighted by Crippen LogP contribution is -2.51. The van der Waals surface area contributed by atoms with E-state index in [1.807, 2.05) is 17.6 Å². The van der Waals surface area contributed by atoms with Gasteiger partial charge in [0.05, 0.1) is 11.9 Å². The molecule has 2 bridgehead atoms. The standard InChI is InChI=1S/C13H16N6S.ClH/c1-2-10-7-19(6-9(1)16-10)12-3-4-14-13(18-12)17-11-5-15-20-8-11;/h3-5,8-10,16H,1-2,6-7H2,(H,14,17,18);1H/t9-,10+;. The molecule has 0 aliphatic carbocycles. The number of aromatic nitrogens is 3. The molecule has 4 heterocycles. The van der Waals surface area contributed by atoms with Crippen molar-refractivity contribution in [2.45, 2.75) is 24.9 Å².